The highest BCUT2D eigenvalue weighted by molar-refractivity contribution is 7.99. The highest BCUT2D eigenvalue weighted by atomic mass is 32.2. The second-order valence-electron chi connectivity index (χ2n) is 8.07. The minimum absolute atomic E-state index is 0.00522. The van der Waals surface area contributed by atoms with Gasteiger partial charge < -0.3 is 10.2 Å². The van der Waals surface area contributed by atoms with E-state index in [0.717, 1.165) is 30.9 Å². The molecule has 2 aromatic carbocycles. The number of thioether (sulfide) groups is 1. The van der Waals surface area contributed by atoms with Crippen molar-refractivity contribution in [2.45, 2.75) is 6.54 Å². The number of nitrogens with zero attached hydrogens (tertiary/aromatic N) is 3. The predicted octanol–water partition coefficient (Wildman–Crippen LogP) is 2.63. The van der Waals surface area contributed by atoms with E-state index in [4.69, 9.17) is 0 Å². The van der Waals surface area contributed by atoms with E-state index < -0.39 is 0 Å². The van der Waals surface area contributed by atoms with Gasteiger partial charge in [-0.2, -0.15) is 11.8 Å². The summed E-state index contributed by atoms with van der Waals surface area (Å²) in [6.45, 7) is 6.23. The van der Waals surface area contributed by atoms with Crippen LogP contribution in [0.3, 0.4) is 0 Å². The molecule has 4 rings (SSSR count). The van der Waals surface area contributed by atoms with Gasteiger partial charge in [0.15, 0.2) is 0 Å². The summed E-state index contributed by atoms with van der Waals surface area (Å²) in [5, 5.41) is 3.04. The largest absolute Gasteiger partial charge is 0.336 e. The first kappa shape index (κ1) is 21.9. The second kappa shape index (κ2) is 10.8. The van der Waals surface area contributed by atoms with Crippen molar-refractivity contribution in [1.29, 1.82) is 0 Å². The van der Waals surface area contributed by atoms with E-state index >= 15 is 0 Å². The number of benzene rings is 2. The average molecular weight is 439 g/mol. The van der Waals surface area contributed by atoms with E-state index in [1.807, 2.05) is 59.1 Å². The number of amides is 2. The summed E-state index contributed by atoms with van der Waals surface area (Å²) < 4.78 is 0. The van der Waals surface area contributed by atoms with E-state index in [2.05, 4.69) is 27.2 Å². The lowest BCUT2D eigenvalue weighted by Crippen LogP contribution is -2.50. The molecule has 2 amide bonds. The molecule has 31 heavy (non-hydrogen) atoms. The Morgan fingerprint density at radius 1 is 0.839 bits per heavy atom. The van der Waals surface area contributed by atoms with E-state index in [1.165, 1.54) is 17.1 Å². The Hall–Kier alpha value is -2.35. The minimum Gasteiger partial charge on any atom is -0.336 e. The van der Waals surface area contributed by atoms with Gasteiger partial charge in [-0.1, -0.05) is 30.3 Å². The number of piperazine rings is 1. The van der Waals surface area contributed by atoms with Crippen LogP contribution in [0.2, 0.25) is 0 Å². The Labute approximate surface area is 188 Å². The summed E-state index contributed by atoms with van der Waals surface area (Å²) in [6, 6.07) is 17.5. The van der Waals surface area contributed by atoms with Crippen LogP contribution in [-0.4, -0.2) is 83.8 Å². The van der Waals surface area contributed by atoms with Crippen LogP contribution < -0.4 is 5.32 Å². The monoisotopic (exact) mass is 438 g/mol. The molecule has 0 unspecified atom stereocenters. The molecule has 7 heteroatoms. The molecule has 2 fully saturated rings. The van der Waals surface area contributed by atoms with Crippen LogP contribution in [0, 0.1) is 0 Å². The summed E-state index contributed by atoms with van der Waals surface area (Å²) in [6.07, 6.45) is 0. The molecule has 1 N–H and O–H groups in total. The van der Waals surface area contributed by atoms with Crippen LogP contribution in [0.4, 0.5) is 5.69 Å². The molecule has 0 aliphatic carbocycles. The number of rotatable bonds is 6. The molecule has 2 saturated heterocycles. The minimum atomic E-state index is -0.00522. The van der Waals surface area contributed by atoms with Crippen molar-refractivity contribution in [2.75, 3.05) is 62.6 Å². The number of carbonyl (C=O) groups excluding carboxylic acids is 2. The highest BCUT2D eigenvalue weighted by Crippen LogP contribution is 2.16. The molecule has 2 heterocycles. The maximum atomic E-state index is 12.6. The number of hydrogen-bond donors (Lipinski definition) is 1. The quantitative estimate of drug-likeness (QED) is 0.752. The molecule has 2 aliphatic heterocycles. The first-order valence-corrected chi connectivity index (χ1v) is 12.1. The van der Waals surface area contributed by atoms with Gasteiger partial charge in [0, 0.05) is 68.6 Å². The third kappa shape index (κ3) is 6.32. The Balaban J connectivity index is 1.23. The predicted molar refractivity (Wildman–Crippen MR) is 126 cm³/mol. The van der Waals surface area contributed by atoms with Crippen LogP contribution in [0.25, 0.3) is 0 Å². The van der Waals surface area contributed by atoms with Gasteiger partial charge in [-0.05, 0) is 29.8 Å². The second-order valence-corrected chi connectivity index (χ2v) is 9.30. The number of hydrogen-bond acceptors (Lipinski definition) is 5. The fourth-order valence-electron chi connectivity index (χ4n) is 4.04. The van der Waals surface area contributed by atoms with Crippen molar-refractivity contribution in [3.63, 3.8) is 0 Å². The van der Waals surface area contributed by atoms with Crippen LogP contribution in [0.15, 0.2) is 54.6 Å². The van der Waals surface area contributed by atoms with E-state index in [0.29, 0.717) is 32.7 Å². The highest BCUT2D eigenvalue weighted by Gasteiger charge is 2.23. The molecule has 0 radical (unpaired) electrons. The third-order valence-electron chi connectivity index (χ3n) is 5.77. The molecule has 0 bridgehead atoms. The van der Waals surface area contributed by atoms with E-state index in [9.17, 15) is 9.59 Å². The molecular weight excluding hydrogens is 408 g/mol. The molecule has 0 saturated carbocycles. The van der Waals surface area contributed by atoms with Gasteiger partial charge in [-0.25, -0.2) is 0 Å². The Bertz CT molecular complexity index is 878. The fraction of sp³-hybridized carbons (Fsp3) is 0.417. The van der Waals surface area contributed by atoms with Crippen molar-refractivity contribution in [3.8, 4) is 0 Å². The normalized spacial score (nSPS) is 18.0. The molecule has 0 spiro atoms. The lowest BCUT2D eigenvalue weighted by molar-refractivity contribution is -0.117. The molecule has 2 aliphatic rings. The van der Waals surface area contributed by atoms with Crippen LogP contribution in [-0.2, 0) is 11.3 Å². The molecule has 0 aromatic heterocycles. The van der Waals surface area contributed by atoms with Crippen molar-refractivity contribution in [3.05, 3.63) is 65.7 Å². The third-order valence-corrected chi connectivity index (χ3v) is 6.71. The SMILES string of the molecule is O=C(CN1CCN(C(=O)c2ccccc2)CC1)Nc1cccc(CN2CCSCC2)c1. The van der Waals surface area contributed by atoms with Gasteiger partial charge in [0.2, 0.25) is 5.91 Å². The van der Waals surface area contributed by atoms with Crippen molar-refractivity contribution >= 4 is 29.3 Å². The summed E-state index contributed by atoms with van der Waals surface area (Å²) >= 11 is 2.01. The summed E-state index contributed by atoms with van der Waals surface area (Å²) in [7, 11) is 0. The van der Waals surface area contributed by atoms with E-state index in [1.54, 1.807) is 0 Å². The van der Waals surface area contributed by atoms with Crippen LogP contribution in [0.1, 0.15) is 15.9 Å². The lowest BCUT2D eigenvalue weighted by atomic mass is 10.1. The standard InChI is InChI=1S/C24H30N4O2S/c29-23(25-22-8-4-5-20(17-22)18-27-13-15-31-16-14-27)19-26-9-11-28(12-10-26)24(30)21-6-2-1-3-7-21/h1-8,17H,9-16,18-19H2,(H,25,29). The number of carbonyl (C=O) groups is 2. The maximum Gasteiger partial charge on any atom is 0.253 e. The Kier molecular flexibility index (Phi) is 7.61. The Morgan fingerprint density at radius 3 is 2.32 bits per heavy atom. The van der Waals surface area contributed by atoms with Crippen molar-refractivity contribution < 1.29 is 9.59 Å². The summed E-state index contributed by atoms with van der Waals surface area (Å²) in [4.78, 5) is 31.6. The Morgan fingerprint density at radius 2 is 1.58 bits per heavy atom. The molecule has 164 valence electrons. The van der Waals surface area contributed by atoms with Crippen molar-refractivity contribution in [2.24, 2.45) is 0 Å². The van der Waals surface area contributed by atoms with E-state index in [-0.39, 0.29) is 11.8 Å². The zero-order valence-corrected chi connectivity index (χ0v) is 18.7. The molecule has 2 aromatic rings. The average Bonchev–Trinajstić information content (AvgIpc) is 2.80. The van der Waals surface area contributed by atoms with Gasteiger partial charge in [-0.3, -0.25) is 19.4 Å². The van der Waals surface area contributed by atoms with Crippen LogP contribution >= 0.6 is 11.8 Å². The topological polar surface area (TPSA) is 55.9 Å². The maximum absolute atomic E-state index is 12.6. The number of anilines is 1. The zero-order valence-electron chi connectivity index (χ0n) is 17.8. The van der Waals surface area contributed by atoms with Crippen LogP contribution in [0.5, 0.6) is 0 Å². The van der Waals surface area contributed by atoms with Gasteiger partial charge in [0.25, 0.3) is 5.91 Å². The fourth-order valence-corrected chi connectivity index (χ4v) is 5.02. The summed E-state index contributed by atoms with van der Waals surface area (Å²) in [5.74, 6) is 2.45. The summed E-state index contributed by atoms with van der Waals surface area (Å²) in [5.41, 5.74) is 2.81. The smallest absolute Gasteiger partial charge is 0.253 e. The van der Waals surface area contributed by atoms with Crippen molar-refractivity contribution in [1.82, 2.24) is 14.7 Å². The lowest BCUT2D eigenvalue weighted by Gasteiger charge is -2.34. The molecule has 0 atom stereocenters. The van der Waals surface area contributed by atoms with Gasteiger partial charge in [-0.15, -0.1) is 0 Å². The van der Waals surface area contributed by atoms with Gasteiger partial charge in [0.05, 0.1) is 6.54 Å². The molecule has 6 nitrogen and oxygen atoms in total. The molecular formula is C24H30N4O2S. The van der Waals surface area contributed by atoms with Gasteiger partial charge >= 0.3 is 0 Å². The number of nitrogens with one attached hydrogen (secondary N) is 1. The zero-order chi connectivity index (χ0) is 21.5. The first-order valence-electron chi connectivity index (χ1n) is 10.9. The van der Waals surface area contributed by atoms with Gasteiger partial charge in [0.1, 0.15) is 0 Å². The first-order chi connectivity index (χ1) is 15.2.